The maximum absolute atomic E-state index is 14.1. The summed E-state index contributed by atoms with van der Waals surface area (Å²) in [4.78, 5) is 74.6. The van der Waals surface area contributed by atoms with Crippen molar-refractivity contribution in [1.29, 1.82) is 0 Å². The highest BCUT2D eigenvalue weighted by Crippen LogP contribution is 2.42. The number of hydrogen-bond donors (Lipinski definition) is 1. The molecule has 6 heterocycles. The summed E-state index contributed by atoms with van der Waals surface area (Å²) in [6.07, 6.45) is 4.21. The van der Waals surface area contributed by atoms with E-state index in [1.54, 1.807) is 35.4 Å². The van der Waals surface area contributed by atoms with E-state index in [2.05, 4.69) is 23.4 Å². The number of aromatic nitrogens is 2. The van der Waals surface area contributed by atoms with Crippen LogP contribution < -0.4 is 15.6 Å². The zero-order valence-electron chi connectivity index (χ0n) is 34.3. The van der Waals surface area contributed by atoms with E-state index in [1.807, 2.05) is 19.1 Å². The standard InChI is InChI=1S/C41H51N5O11.C2H4/c1-4-28-29-22-27(56-39(50)45-17-12-26(13-18-45)44-15-8-7-9-16-44)10-11-33(29)43-35-30(28)24-46-34(35)23-32-31(36(46)47)25-55-37(48)41(32,5-2)57-40(51)54-21-20-52-19-14-42-38(49)53-6-3;1-2/h10-11,22-23,26H,4-9,12-21,24-25H2,1-3H3,(H,42,49);1-2H2/t41-;/m0./s1. The lowest BCUT2D eigenvalue weighted by Crippen LogP contribution is -2.48. The topological polar surface area (TPSA) is 177 Å². The van der Waals surface area contributed by atoms with Crippen LogP contribution in [-0.2, 0) is 53.7 Å². The summed E-state index contributed by atoms with van der Waals surface area (Å²) in [5, 5.41) is 3.34. The van der Waals surface area contributed by atoms with Crippen molar-refractivity contribution in [3.8, 4) is 17.1 Å². The summed E-state index contributed by atoms with van der Waals surface area (Å²) in [6.45, 7) is 15.4. The highest BCUT2D eigenvalue weighted by molar-refractivity contribution is 5.91. The molecule has 1 aromatic carbocycles. The average Bonchev–Trinajstić information content (AvgIpc) is 3.63. The maximum Gasteiger partial charge on any atom is 0.509 e. The van der Waals surface area contributed by atoms with Crippen LogP contribution in [0.2, 0.25) is 0 Å². The Morgan fingerprint density at radius 3 is 2.42 bits per heavy atom. The first-order chi connectivity index (χ1) is 28.7. The fraction of sp³-hybridized carbons (Fsp3) is 0.535. The first kappa shape index (κ1) is 43.1. The minimum absolute atomic E-state index is 0.00645. The quantitative estimate of drug-likeness (QED) is 0.0785. The normalized spacial score (nSPS) is 18.7. The Bertz CT molecular complexity index is 2090. The number of pyridine rings is 2. The van der Waals surface area contributed by atoms with Gasteiger partial charge in [0.25, 0.3) is 5.56 Å². The molecule has 2 amide bonds. The minimum Gasteiger partial charge on any atom is -0.457 e. The Labute approximate surface area is 343 Å². The minimum atomic E-state index is -1.93. The molecule has 0 bridgehead atoms. The van der Waals surface area contributed by atoms with Crippen LogP contribution >= 0.6 is 0 Å². The Morgan fingerprint density at radius 2 is 1.71 bits per heavy atom. The van der Waals surface area contributed by atoms with Gasteiger partial charge in [0.1, 0.15) is 19.0 Å². The molecule has 0 unspecified atom stereocenters. The van der Waals surface area contributed by atoms with Gasteiger partial charge in [-0.05, 0) is 88.4 Å². The van der Waals surface area contributed by atoms with E-state index in [0.29, 0.717) is 48.2 Å². The molecular weight excluding hydrogens is 762 g/mol. The number of fused-ring (bicyclic) bond motifs is 5. The molecule has 0 radical (unpaired) electrons. The largest absolute Gasteiger partial charge is 0.509 e. The second-order valence-electron chi connectivity index (χ2n) is 14.7. The lowest BCUT2D eigenvalue weighted by atomic mass is 9.85. The maximum atomic E-state index is 14.1. The van der Waals surface area contributed by atoms with Gasteiger partial charge in [0.05, 0.1) is 48.8 Å². The predicted octanol–water partition coefficient (Wildman–Crippen LogP) is 5.82. The van der Waals surface area contributed by atoms with Crippen molar-refractivity contribution in [1.82, 2.24) is 24.7 Å². The van der Waals surface area contributed by atoms with Gasteiger partial charge < -0.3 is 48.1 Å². The number of cyclic esters (lactones) is 1. The molecule has 0 spiro atoms. The van der Waals surface area contributed by atoms with Gasteiger partial charge in [0.2, 0.25) is 5.60 Å². The van der Waals surface area contributed by atoms with Gasteiger partial charge in [0.15, 0.2) is 0 Å². The summed E-state index contributed by atoms with van der Waals surface area (Å²) >= 11 is 0. The highest BCUT2D eigenvalue weighted by atomic mass is 16.7. The lowest BCUT2D eigenvalue weighted by molar-refractivity contribution is -0.175. The van der Waals surface area contributed by atoms with Gasteiger partial charge in [-0.1, -0.05) is 20.3 Å². The van der Waals surface area contributed by atoms with E-state index in [0.717, 1.165) is 42.4 Å². The molecule has 318 valence electrons. The van der Waals surface area contributed by atoms with Crippen molar-refractivity contribution in [3.05, 3.63) is 70.0 Å². The van der Waals surface area contributed by atoms with E-state index in [9.17, 15) is 24.0 Å². The summed E-state index contributed by atoms with van der Waals surface area (Å²) in [7, 11) is 0. The van der Waals surface area contributed by atoms with Gasteiger partial charge in [-0.3, -0.25) is 4.79 Å². The molecule has 4 aliphatic heterocycles. The van der Waals surface area contributed by atoms with Crippen molar-refractivity contribution >= 4 is 35.2 Å². The number of esters is 1. The van der Waals surface area contributed by atoms with Gasteiger partial charge in [-0.15, -0.1) is 13.2 Å². The van der Waals surface area contributed by atoms with Crippen LogP contribution in [0, 0.1) is 0 Å². The number of hydrogen-bond acceptors (Lipinski definition) is 13. The summed E-state index contributed by atoms with van der Waals surface area (Å²) < 4.78 is 34.1. The van der Waals surface area contributed by atoms with Crippen LogP contribution in [0.4, 0.5) is 14.4 Å². The molecule has 59 heavy (non-hydrogen) atoms. The Balaban J connectivity index is 0.00000288. The molecule has 4 aliphatic rings. The number of aryl methyl sites for hydroxylation is 1. The number of rotatable bonds is 12. The number of carbonyl (C=O) groups excluding carboxylic acids is 4. The van der Waals surface area contributed by atoms with Crippen molar-refractivity contribution in [2.75, 3.05) is 59.2 Å². The van der Waals surface area contributed by atoms with Crippen molar-refractivity contribution in [3.63, 3.8) is 0 Å². The molecule has 16 nitrogen and oxygen atoms in total. The van der Waals surface area contributed by atoms with Gasteiger partial charge in [-0.2, -0.15) is 0 Å². The third kappa shape index (κ3) is 9.08. The first-order valence-corrected chi connectivity index (χ1v) is 20.6. The number of piperidine rings is 2. The average molecular weight is 818 g/mol. The van der Waals surface area contributed by atoms with Crippen LogP contribution in [0.25, 0.3) is 22.3 Å². The first-order valence-electron chi connectivity index (χ1n) is 20.6. The van der Waals surface area contributed by atoms with Crippen LogP contribution in [0.1, 0.15) is 81.5 Å². The van der Waals surface area contributed by atoms with E-state index in [1.165, 1.54) is 19.3 Å². The molecule has 1 atom stereocenters. The van der Waals surface area contributed by atoms with E-state index in [-0.39, 0.29) is 75.3 Å². The van der Waals surface area contributed by atoms with Crippen LogP contribution in [-0.4, -0.2) is 109 Å². The number of nitrogens with zero attached hydrogens (tertiary/aromatic N) is 4. The second-order valence-corrected chi connectivity index (χ2v) is 14.7. The number of likely N-dealkylation sites (tertiary alicyclic amines) is 2. The highest BCUT2D eigenvalue weighted by Gasteiger charge is 2.51. The lowest BCUT2D eigenvalue weighted by Gasteiger charge is -2.39. The molecule has 2 saturated heterocycles. The van der Waals surface area contributed by atoms with Crippen LogP contribution in [0.3, 0.4) is 0 Å². The molecule has 16 heteroatoms. The number of benzene rings is 1. The number of nitrogens with one attached hydrogen (secondary N) is 1. The second kappa shape index (κ2) is 19.5. The summed E-state index contributed by atoms with van der Waals surface area (Å²) in [5.41, 5.74) is 1.66. The number of amides is 2. The van der Waals surface area contributed by atoms with Crippen LogP contribution in [0.5, 0.6) is 5.75 Å². The van der Waals surface area contributed by atoms with E-state index in [4.69, 9.17) is 33.4 Å². The molecule has 0 saturated carbocycles. The smallest absolute Gasteiger partial charge is 0.457 e. The molecule has 0 aliphatic carbocycles. The van der Waals surface area contributed by atoms with Crippen molar-refractivity contribution < 1.29 is 47.6 Å². The predicted molar refractivity (Wildman–Crippen MR) is 217 cm³/mol. The SMILES string of the molecule is C=C.CCOC(=O)NCCOCCOC(=O)O[C@]1(CC)C(=O)OCc2c1cc1n(c2=O)Cc2c-1nc1ccc(OC(=O)N3CCC(N4CCCCC4)CC3)cc1c2CC. The van der Waals surface area contributed by atoms with Gasteiger partial charge in [0, 0.05) is 42.2 Å². The molecule has 3 aromatic rings. The van der Waals surface area contributed by atoms with E-state index >= 15 is 0 Å². The number of ether oxygens (including phenoxy) is 6. The Morgan fingerprint density at radius 1 is 0.949 bits per heavy atom. The number of carbonyl (C=O) groups is 4. The third-order valence-electron chi connectivity index (χ3n) is 11.4. The molecule has 7 rings (SSSR count). The van der Waals surface area contributed by atoms with Gasteiger partial charge in [-0.25, -0.2) is 24.2 Å². The Kier molecular flexibility index (Phi) is 14.3. The summed E-state index contributed by atoms with van der Waals surface area (Å²) in [6, 6.07) is 7.60. The molecule has 2 fully saturated rings. The van der Waals surface area contributed by atoms with Gasteiger partial charge >= 0.3 is 24.3 Å². The Hall–Kier alpha value is -5.48. The fourth-order valence-corrected chi connectivity index (χ4v) is 8.49. The summed E-state index contributed by atoms with van der Waals surface area (Å²) in [5.74, 6) is -0.386. The molecule has 2 aromatic heterocycles. The van der Waals surface area contributed by atoms with E-state index < -0.39 is 23.8 Å². The fourth-order valence-electron chi connectivity index (χ4n) is 8.49. The monoisotopic (exact) mass is 817 g/mol. The van der Waals surface area contributed by atoms with Crippen molar-refractivity contribution in [2.24, 2.45) is 0 Å². The third-order valence-corrected chi connectivity index (χ3v) is 11.4. The molecular formula is C43H55N5O11. The number of alkyl carbamates (subject to hydrolysis) is 1. The van der Waals surface area contributed by atoms with Crippen molar-refractivity contribution in [2.45, 2.75) is 90.5 Å². The van der Waals surface area contributed by atoms with Crippen LogP contribution in [0.15, 0.2) is 42.2 Å². The zero-order valence-corrected chi connectivity index (χ0v) is 34.3. The zero-order chi connectivity index (χ0) is 42.1. The molecule has 1 N–H and O–H groups in total.